The molecule has 0 spiro atoms. The Balaban J connectivity index is 2.01. The third-order valence-electron chi connectivity index (χ3n) is 4.30. The zero-order valence-electron chi connectivity index (χ0n) is 17.0. The molecule has 170 valence electrons. The molecule has 0 bridgehead atoms. The lowest BCUT2D eigenvalue weighted by atomic mass is 10.1. The van der Waals surface area contributed by atoms with Crippen LogP contribution in [0.2, 0.25) is 0 Å². The van der Waals surface area contributed by atoms with Gasteiger partial charge >= 0.3 is 11.9 Å². The molecule has 0 radical (unpaired) electrons. The van der Waals surface area contributed by atoms with Crippen LogP contribution in [-0.2, 0) is 41.9 Å². The number of aliphatic hydroxyl groups excluding tert-OH is 1. The molecule has 2 amide bonds. The number of carbonyl (C=O) groups excluding carboxylic acids is 3. The normalized spacial score (nSPS) is 13.4. The second-order valence-corrected chi connectivity index (χ2v) is 6.83. The van der Waals surface area contributed by atoms with E-state index < -0.39 is 48.4 Å². The van der Waals surface area contributed by atoms with Crippen LogP contribution in [0.3, 0.4) is 0 Å². The van der Waals surface area contributed by atoms with E-state index in [1.54, 1.807) is 60.7 Å². The maximum atomic E-state index is 12.4. The molecule has 2 rings (SSSR count). The largest absolute Gasteiger partial charge is 0.479 e. The molecule has 0 aromatic heterocycles. The average Bonchev–Trinajstić information content (AvgIpc) is 2.77. The molecule has 0 aliphatic rings. The Morgan fingerprint density at radius 2 is 1.44 bits per heavy atom. The van der Waals surface area contributed by atoms with Crippen LogP contribution in [0, 0.1) is 0 Å². The van der Waals surface area contributed by atoms with Crippen LogP contribution >= 0.6 is 0 Å². The van der Waals surface area contributed by atoms with Crippen LogP contribution in [0.5, 0.6) is 0 Å². The summed E-state index contributed by atoms with van der Waals surface area (Å²) < 4.78 is 10.3. The van der Waals surface area contributed by atoms with Gasteiger partial charge in [0.15, 0.2) is 12.2 Å². The van der Waals surface area contributed by atoms with Gasteiger partial charge in [0, 0.05) is 0 Å². The number of primary amides is 1. The predicted molar refractivity (Wildman–Crippen MR) is 111 cm³/mol. The number of nitrogens with two attached hydrogens (primary N) is 1. The molecule has 0 saturated carbocycles. The third kappa shape index (κ3) is 7.82. The van der Waals surface area contributed by atoms with Crippen molar-refractivity contribution in [1.29, 1.82) is 0 Å². The lowest BCUT2D eigenvalue weighted by Crippen LogP contribution is -2.52. The molecule has 10 heteroatoms. The van der Waals surface area contributed by atoms with E-state index in [-0.39, 0.29) is 13.2 Å². The van der Waals surface area contributed by atoms with Gasteiger partial charge in [-0.3, -0.25) is 9.59 Å². The number of aliphatic carboxylic acids is 1. The summed E-state index contributed by atoms with van der Waals surface area (Å²) in [7, 11) is 0. The average molecular weight is 444 g/mol. The molecule has 0 aliphatic heterocycles. The van der Waals surface area contributed by atoms with Crippen LogP contribution in [0.4, 0.5) is 0 Å². The van der Waals surface area contributed by atoms with Gasteiger partial charge in [-0.15, -0.1) is 0 Å². The van der Waals surface area contributed by atoms with Crippen molar-refractivity contribution in [2.45, 2.75) is 37.9 Å². The summed E-state index contributed by atoms with van der Waals surface area (Å²) in [6.07, 6.45) is -4.67. The van der Waals surface area contributed by atoms with Gasteiger partial charge in [-0.05, 0) is 11.1 Å². The van der Waals surface area contributed by atoms with Crippen molar-refractivity contribution in [2.24, 2.45) is 5.73 Å². The van der Waals surface area contributed by atoms with Crippen molar-refractivity contribution >= 4 is 23.8 Å². The molecular weight excluding hydrogens is 420 g/mol. The van der Waals surface area contributed by atoms with E-state index in [0.717, 1.165) is 0 Å². The van der Waals surface area contributed by atoms with E-state index in [1.807, 2.05) is 0 Å². The van der Waals surface area contributed by atoms with Gasteiger partial charge < -0.3 is 30.7 Å². The summed E-state index contributed by atoms with van der Waals surface area (Å²) in [5.41, 5.74) is 6.43. The number of hydrogen-bond donors (Lipinski definition) is 4. The maximum Gasteiger partial charge on any atom is 0.336 e. The van der Waals surface area contributed by atoms with Crippen molar-refractivity contribution in [3.8, 4) is 0 Å². The van der Waals surface area contributed by atoms with E-state index in [0.29, 0.717) is 11.1 Å². The second-order valence-electron chi connectivity index (χ2n) is 6.83. The Kier molecular flexibility index (Phi) is 9.33. The first kappa shape index (κ1) is 24.5. The summed E-state index contributed by atoms with van der Waals surface area (Å²) in [5.74, 6) is -4.68. The monoisotopic (exact) mass is 444 g/mol. The summed E-state index contributed by atoms with van der Waals surface area (Å²) in [6.45, 7) is -0.294. The number of benzene rings is 2. The first-order valence-electron chi connectivity index (χ1n) is 9.63. The summed E-state index contributed by atoms with van der Waals surface area (Å²) >= 11 is 0. The van der Waals surface area contributed by atoms with Gasteiger partial charge in [0.1, 0.15) is 12.6 Å². The summed E-state index contributed by atoms with van der Waals surface area (Å²) in [4.78, 5) is 47.6. The molecule has 10 nitrogen and oxygen atoms in total. The first-order valence-corrected chi connectivity index (χ1v) is 9.63. The van der Waals surface area contributed by atoms with Crippen molar-refractivity contribution in [1.82, 2.24) is 5.32 Å². The van der Waals surface area contributed by atoms with Crippen LogP contribution < -0.4 is 11.1 Å². The second kappa shape index (κ2) is 12.2. The SMILES string of the molecule is NC(=O)C[C@H](NC(=O)[C@@H](O)[C@H](OCc1ccccc1)C(=O)O)C(=O)OCc1ccccc1. The Morgan fingerprint density at radius 1 is 0.906 bits per heavy atom. The first-order chi connectivity index (χ1) is 15.3. The zero-order chi connectivity index (χ0) is 23.5. The molecule has 0 heterocycles. The smallest absolute Gasteiger partial charge is 0.336 e. The molecular formula is C22H24N2O8. The number of aliphatic hydroxyl groups is 1. The topological polar surface area (TPSA) is 165 Å². The molecule has 2 aromatic carbocycles. The van der Waals surface area contributed by atoms with Gasteiger partial charge in [0.2, 0.25) is 5.91 Å². The molecule has 0 unspecified atom stereocenters. The lowest BCUT2D eigenvalue weighted by Gasteiger charge is -2.22. The molecule has 5 N–H and O–H groups in total. The van der Waals surface area contributed by atoms with Crippen molar-refractivity contribution in [3.05, 3.63) is 71.8 Å². The Labute approximate surface area is 183 Å². The molecule has 0 aliphatic carbocycles. The van der Waals surface area contributed by atoms with Crippen molar-refractivity contribution in [2.75, 3.05) is 0 Å². The van der Waals surface area contributed by atoms with Gasteiger partial charge in [0.25, 0.3) is 5.91 Å². The van der Waals surface area contributed by atoms with Gasteiger partial charge in [-0.25, -0.2) is 9.59 Å². The Bertz CT molecular complexity index is 920. The Hall–Kier alpha value is -3.76. The molecule has 0 saturated heterocycles. The van der Waals surface area contributed by atoms with E-state index in [4.69, 9.17) is 15.2 Å². The fraction of sp³-hybridized carbons (Fsp3) is 0.273. The van der Waals surface area contributed by atoms with Crippen molar-refractivity contribution < 1.29 is 38.9 Å². The maximum absolute atomic E-state index is 12.4. The molecule has 3 atom stereocenters. The lowest BCUT2D eigenvalue weighted by molar-refractivity contribution is -0.166. The van der Waals surface area contributed by atoms with Crippen LogP contribution in [0.15, 0.2) is 60.7 Å². The number of nitrogens with one attached hydrogen (secondary N) is 1. The number of amides is 2. The summed E-state index contributed by atoms with van der Waals surface area (Å²) in [5, 5.41) is 21.7. The minimum Gasteiger partial charge on any atom is -0.479 e. The van der Waals surface area contributed by atoms with E-state index in [1.165, 1.54) is 0 Å². The van der Waals surface area contributed by atoms with Gasteiger partial charge in [0.05, 0.1) is 13.0 Å². The number of carbonyl (C=O) groups is 4. The number of ether oxygens (including phenoxy) is 2. The minimum absolute atomic E-state index is 0.120. The zero-order valence-corrected chi connectivity index (χ0v) is 17.0. The quantitative estimate of drug-likeness (QED) is 0.335. The number of carboxylic acid groups (broad SMARTS) is 1. The van der Waals surface area contributed by atoms with Crippen LogP contribution in [0.25, 0.3) is 0 Å². The fourth-order valence-electron chi connectivity index (χ4n) is 2.68. The minimum atomic E-state index is -2.16. The van der Waals surface area contributed by atoms with Crippen LogP contribution in [-0.4, -0.2) is 52.2 Å². The van der Waals surface area contributed by atoms with Crippen molar-refractivity contribution in [3.63, 3.8) is 0 Å². The standard InChI is InChI=1S/C22H24N2O8/c23-17(25)11-16(22(30)32-13-15-9-5-2-6-10-15)24-20(27)18(26)19(21(28)29)31-12-14-7-3-1-4-8-14/h1-10,16,18-19,26H,11-13H2,(H2,23,25)(H,24,27)(H,28,29)/t16-,18-,19-/m0/s1. The fourth-order valence-corrected chi connectivity index (χ4v) is 2.68. The van der Waals surface area contributed by atoms with E-state index >= 15 is 0 Å². The van der Waals surface area contributed by atoms with Crippen LogP contribution in [0.1, 0.15) is 17.5 Å². The number of rotatable bonds is 12. The summed E-state index contributed by atoms with van der Waals surface area (Å²) in [6, 6.07) is 15.7. The highest BCUT2D eigenvalue weighted by Crippen LogP contribution is 2.09. The highest BCUT2D eigenvalue weighted by molar-refractivity contribution is 5.92. The van der Waals surface area contributed by atoms with E-state index in [9.17, 15) is 29.4 Å². The predicted octanol–water partition coefficient (Wildman–Crippen LogP) is 0.121. The van der Waals surface area contributed by atoms with Gasteiger partial charge in [-0.2, -0.15) is 0 Å². The third-order valence-corrected chi connectivity index (χ3v) is 4.30. The Morgan fingerprint density at radius 3 is 1.94 bits per heavy atom. The van der Waals surface area contributed by atoms with Gasteiger partial charge in [-0.1, -0.05) is 60.7 Å². The highest BCUT2D eigenvalue weighted by Gasteiger charge is 2.36. The van der Waals surface area contributed by atoms with E-state index in [2.05, 4.69) is 5.32 Å². The number of hydrogen-bond acceptors (Lipinski definition) is 7. The number of carboxylic acids is 1. The number of esters is 1. The molecule has 0 fully saturated rings. The molecule has 32 heavy (non-hydrogen) atoms. The molecule has 2 aromatic rings. The highest BCUT2D eigenvalue weighted by atomic mass is 16.5.